The van der Waals surface area contributed by atoms with Gasteiger partial charge in [0.2, 0.25) is 0 Å². The highest BCUT2D eigenvalue weighted by Crippen LogP contribution is 2.37. The van der Waals surface area contributed by atoms with Crippen LogP contribution in [-0.2, 0) is 0 Å². The van der Waals surface area contributed by atoms with Crippen molar-refractivity contribution < 1.29 is 4.74 Å². The Kier molecular flexibility index (Phi) is 4.70. The van der Waals surface area contributed by atoms with Crippen LogP contribution < -0.4 is 21.1 Å². The van der Waals surface area contributed by atoms with E-state index in [9.17, 15) is 0 Å². The van der Waals surface area contributed by atoms with Crippen LogP contribution >= 0.6 is 0 Å². The van der Waals surface area contributed by atoms with Gasteiger partial charge in [0.25, 0.3) is 6.71 Å². The maximum Gasteiger partial charge on any atom is 0.256 e. The molecule has 0 radical (unpaired) electrons. The Morgan fingerprint density at radius 1 is 0.512 bits per heavy atom. The van der Waals surface area contributed by atoms with Crippen LogP contribution in [0.3, 0.4) is 0 Å². The molecule has 0 aliphatic carbocycles. The number of hydrogen-bond donors (Lipinski definition) is 0. The first-order valence-corrected chi connectivity index (χ1v) is 14.0. The first-order valence-electron chi connectivity index (χ1n) is 14.0. The molecule has 2 aliphatic heterocycles. The molecule has 0 saturated carbocycles. The van der Waals surface area contributed by atoms with Crippen LogP contribution in [0, 0.1) is 0 Å². The van der Waals surface area contributed by atoms with Gasteiger partial charge in [-0.05, 0) is 62.9 Å². The number of benzene rings is 6. The first kappa shape index (κ1) is 22.5. The van der Waals surface area contributed by atoms with Crippen molar-refractivity contribution in [3.8, 4) is 50.8 Å². The van der Waals surface area contributed by atoms with Crippen molar-refractivity contribution in [1.82, 2.24) is 9.55 Å². The van der Waals surface area contributed by atoms with Crippen molar-refractivity contribution in [3.05, 3.63) is 140 Å². The van der Waals surface area contributed by atoms with Gasteiger partial charge in [0.1, 0.15) is 17.3 Å². The van der Waals surface area contributed by atoms with E-state index in [1.807, 2.05) is 0 Å². The van der Waals surface area contributed by atoms with E-state index in [2.05, 4.69) is 144 Å². The second-order valence-corrected chi connectivity index (χ2v) is 10.8. The van der Waals surface area contributed by atoms with Crippen molar-refractivity contribution in [2.45, 2.75) is 0 Å². The van der Waals surface area contributed by atoms with Gasteiger partial charge in [-0.1, -0.05) is 115 Å². The normalized spacial score (nSPS) is 12.5. The molecule has 6 aromatic carbocycles. The molecule has 0 saturated heterocycles. The van der Waals surface area contributed by atoms with E-state index in [0.717, 1.165) is 45.2 Å². The Morgan fingerprint density at radius 3 is 1.93 bits per heavy atom. The molecule has 3 nitrogen and oxygen atoms in total. The van der Waals surface area contributed by atoms with Crippen LogP contribution in [0.1, 0.15) is 0 Å². The van der Waals surface area contributed by atoms with E-state index in [0.29, 0.717) is 0 Å². The molecular formula is C37H23BN2O. The largest absolute Gasteiger partial charge is 0.458 e. The van der Waals surface area contributed by atoms with Crippen LogP contribution in [0.2, 0.25) is 0 Å². The van der Waals surface area contributed by atoms with E-state index in [4.69, 9.17) is 9.72 Å². The fourth-order valence-electron chi connectivity index (χ4n) is 6.65. The molecule has 41 heavy (non-hydrogen) atoms. The highest BCUT2D eigenvalue weighted by atomic mass is 16.5. The minimum Gasteiger partial charge on any atom is -0.458 e. The van der Waals surface area contributed by atoms with E-state index in [1.165, 1.54) is 33.1 Å². The summed E-state index contributed by atoms with van der Waals surface area (Å²) in [5.41, 5.74) is 12.7. The van der Waals surface area contributed by atoms with Gasteiger partial charge in [-0.3, -0.25) is 4.57 Å². The van der Waals surface area contributed by atoms with Gasteiger partial charge >= 0.3 is 0 Å². The summed E-state index contributed by atoms with van der Waals surface area (Å²) in [6.07, 6.45) is 0. The fraction of sp³-hybridized carbons (Fsp3) is 0. The lowest BCUT2D eigenvalue weighted by molar-refractivity contribution is 0.487. The Morgan fingerprint density at radius 2 is 1.20 bits per heavy atom. The molecular weight excluding hydrogens is 499 g/mol. The van der Waals surface area contributed by atoms with Gasteiger partial charge in [-0.2, -0.15) is 0 Å². The second kappa shape index (κ2) is 8.58. The number of ether oxygens (including phenoxy) is 1. The zero-order chi connectivity index (χ0) is 26.9. The predicted molar refractivity (Wildman–Crippen MR) is 169 cm³/mol. The SMILES string of the molecule is c1ccc(-c2ccc3c(c2)Oc2cccc4c2B3c2cc(-c3ccccc3)cc3nc(-c5ccccc5)n-4c23)cc1. The van der Waals surface area contributed by atoms with Crippen molar-refractivity contribution in [3.63, 3.8) is 0 Å². The maximum atomic E-state index is 6.70. The van der Waals surface area contributed by atoms with Gasteiger partial charge in [-0.25, -0.2) is 4.98 Å². The van der Waals surface area contributed by atoms with E-state index < -0.39 is 0 Å². The Labute approximate surface area is 238 Å². The zero-order valence-electron chi connectivity index (χ0n) is 22.2. The molecule has 3 heterocycles. The minimum atomic E-state index is 0.0359. The molecule has 1 aromatic heterocycles. The number of fused-ring (bicyclic) bond motifs is 4. The summed E-state index contributed by atoms with van der Waals surface area (Å²) in [4.78, 5) is 5.29. The third-order valence-corrected chi connectivity index (χ3v) is 8.46. The molecule has 0 unspecified atom stereocenters. The van der Waals surface area contributed by atoms with Crippen LogP contribution in [0.5, 0.6) is 11.5 Å². The van der Waals surface area contributed by atoms with Gasteiger partial charge in [0.05, 0.1) is 11.0 Å². The number of hydrogen-bond acceptors (Lipinski definition) is 2. The fourth-order valence-corrected chi connectivity index (χ4v) is 6.65. The van der Waals surface area contributed by atoms with Gasteiger partial charge in [-0.15, -0.1) is 0 Å². The summed E-state index contributed by atoms with van der Waals surface area (Å²) in [6, 6.07) is 49.3. The number of aromatic nitrogens is 2. The number of rotatable bonds is 3. The summed E-state index contributed by atoms with van der Waals surface area (Å²) in [5, 5.41) is 0. The lowest BCUT2D eigenvalue weighted by Gasteiger charge is -2.33. The standard InChI is InChI=1S/C37H23BN2O/c1-4-11-24(12-5-1)27-19-20-29-34(23-27)41-33-18-10-17-32-35(33)38(29)30-21-28(25-13-6-2-7-14-25)22-31-36(30)40(32)37(39-31)26-15-8-3-9-16-26/h1-23H. The van der Waals surface area contributed by atoms with E-state index in [1.54, 1.807) is 0 Å². The Hall–Kier alpha value is -5.35. The average Bonchev–Trinajstić information content (AvgIpc) is 3.44. The predicted octanol–water partition coefficient (Wildman–Crippen LogP) is 6.96. The molecule has 0 spiro atoms. The summed E-state index contributed by atoms with van der Waals surface area (Å²) in [6.45, 7) is 0.0359. The van der Waals surface area contributed by atoms with Gasteiger partial charge in [0, 0.05) is 11.3 Å². The summed E-state index contributed by atoms with van der Waals surface area (Å²) >= 11 is 0. The zero-order valence-corrected chi connectivity index (χ0v) is 22.2. The summed E-state index contributed by atoms with van der Waals surface area (Å²) in [5.74, 6) is 2.77. The Balaban J connectivity index is 1.36. The van der Waals surface area contributed by atoms with Gasteiger partial charge < -0.3 is 4.74 Å². The average molecular weight is 522 g/mol. The molecule has 4 heteroatoms. The van der Waals surface area contributed by atoms with Crippen LogP contribution in [0.25, 0.3) is 50.4 Å². The molecule has 2 aliphatic rings. The van der Waals surface area contributed by atoms with E-state index in [-0.39, 0.29) is 6.71 Å². The second-order valence-electron chi connectivity index (χ2n) is 10.8. The molecule has 9 rings (SSSR count). The third-order valence-electron chi connectivity index (χ3n) is 8.46. The van der Waals surface area contributed by atoms with Crippen LogP contribution in [0.4, 0.5) is 0 Å². The van der Waals surface area contributed by atoms with Crippen LogP contribution in [0.15, 0.2) is 140 Å². The van der Waals surface area contributed by atoms with Crippen molar-refractivity contribution in [2.24, 2.45) is 0 Å². The molecule has 190 valence electrons. The third kappa shape index (κ3) is 3.31. The van der Waals surface area contributed by atoms with E-state index >= 15 is 0 Å². The van der Waals surface area contributed by atoms with Crippen molar-refractivity contribution >= 4 is 34.1 Å². The van der Waals surface area contributed by atoms with Crippen molar-refractivity contribution in [2.75, 3.05) is 0 Å². The lowest BCUT2D eigenvalue weighted by atomic mass is 9.34. The molecule has 0 atom stereocenters. The topological polar surface area (TPSA) is 27.1 Å². The molecule has 0 fully saturated rings. The monoisotopic (exact) mass is 522 g/mol. The smallest absolute Gasteiger partial charge is 0.256 e. The van der Waals surface area contributed by atoms with Crippen LogP contribution in [-0.4, -0.2) is 16.3 Å². The molecule has 0 N–H and O–H groups in total. The van der Waals surface area contributed by atoms with Gasteiger partial charge in [0.15, 0.2) is 0 Å². The highest BCUT2D eigenvalue weighted by molar-refractivity contribution is 6.99. The molecule has 0 bridgehead atoms. The Bertz CT molecular complexity index is 2120. The molecule has 7 aromatic rings. The molecule has 0 amide bonds. The summed E-state index contributed by atoms with van der Waals surface area (Å²) in [7, 11) is 0. The summed E-state index contributed by atoms with van der Waals surface area (Å²) < 4.78 is 9.04. The number of imidazole rings is 1. The first-order chi connectivity index (χ1) is 20.3. The maximum absolute atomic E-state index is 6.70. The quantitative estimate of drug-likeness (QED) is 0.235. The lowest BCUT2D eigenvalue weighted by Crippen LogP contribution is -2.58. The number of nitrogens with zero attached hydrogens (tertiary/aromatic N) is 2. The van der Waals surface area contributed by atoms with Crippen molar-refractivity contribution in [1.29, 1.82) is 0 Å². The minimum absolute atomic E-state index is 0.0359. The highest BCUT2D eigenvalue weighted by Gasteiger charge is 2.41.